The molecule has 0 aliphatic heterocycles. The molecule has 0 aliphatic rings. The maximum atomic E-state index is 12.8. The number of oxazole rings is 1. The van der Waals surface area contributed by atoms with Crippen LogP contribution >= 0.6 is 11.3 Å². The van der Waals surface area contributed by atoms with Gasteiger partial charge in [0.25, 0.3) is 11.8 Å². The summed E-state index contributed by atoms with van der Waals surface area (Å²) in [7, 11) is 0. The molecule has 3 rings (SSSR count). The number of primary amides is 1. The van der Waals surface area contributed by atoms with Crippen molar-refractivity contribution in [2.24, 2.45) is 5.73 Å². The molecule has 0 saturated carbocycles. The summed E-state index contributed by atoms with van der Waals surface area (Å²) in [6, 6.07) is 11.6. The van der Waals surface area contributed by atoms with Crippen LogP contribution in [-0.4, -0.2) is 28.6 Å². The van der Waals surface area contributed by atoms with Gasteiger partial charge >= 0.3 is 0 Å². The van der Waals surface area contributed by atoms with Gasteiger partial charge in [0, 0.05) is 13.3 Å². The fourth-order valence-electron chi connectivity index (χ4n) is 2.62. The second-order valence-corrected chi connectivity index (χ2v) is 6.78. The van der Waals surface area contributed by atoms with Gasteiger partial charge in [-0.05, 0) is 17.0 Å². The van der Waals surface area contributed by atoms with E-state index >= 15 is 0 Å². The average Bonchev–Trinajstić information content (AvgIpc) is 3.30. The van der Waals surface area contributed by atoms with Gasteiger partial charge in [0.15, 0.2) is 5.89 Å². The summed E-state index contributed by atoms with van der Waals surface area (Å²) < 4.78 is 5.45. The third kappa shape index (κ3) is 4.29. The number of ketones is 1. The molecule has 1 aromatic carbocycles. The van der Waals surface area contributed by atoms with Crippen LogP contribution in [0.2, 0.25) is 0 Å². The van der Waals surface area contributed by atoms with Gasteiger partial charge in [0.2, 0.25) is 11.5 Å². The molecule has 0 fully saturated rings. The number of nitrogens with zero attached hydrogens (tertiary/aromatic N) is 1. The summed E-state index contributed by atoms with van der Waals surface area (Å²) in [6.07, 6.45) is 0.135. The van der Waals surface area contributed by atoms with Crippen molar-refractivity contribution < 1.29 is 18.8 Å². The highest BCUT2D eigenvalue weighted by Crippen LogP contribution is 2.28. The Bertz CT molecular complexity index is 964. The van der Waals surface area contributed by atoms with Gasteiger partial charge < -0.3 is 15.5 Å². The number of thiophene rings is 1. The summed E-state index contributed by atoms with van der Waals surface area (Å²) in [6.45, 7) is 1.63. The molecule has 2 amide bonds. The number of Topliss-reactive ketones (excluding diaryl/α,β-unsaturated/α-hetero) is 1. The topological polar surface area (TPSA) is 115 Å². The molecule has 138 valence electrons. The Balaban J connectivity index is 1.87. The third-order valence-electron chi connectivity index (χ3n) is 3.84. The first-order chi connectivity index (χ1) is 13.0. The maximum absolute atomic E-state index is 12.8. The van der Waals surface area contributed by atoms with E-state index in [1.807, 2.05) is 23.6 Å². The van der Waals surface area contributed by atoms with E-state index in [1.54, 1.807) is 31.2 Å². The van der Waals surface area contributed by atoms with E-state index in [-0.39, 0.29) is 12.2 Å². The van der Waals surface area contributed by atoms with Crippen molar-refractivity contribution in [3.63, 3.8) is 0 Å². The number of aryl methyl sites for hydroxylation is 1. The van der Waals surface area contributed by atoms with Crippen LogP contribution in [-0.2, 0) is 16.0 Å². The largest absolute Gasteiger partial charge is 0.435 e. The second-order valence-electron chi connectivity index (χ2n) is 5.83. The zero-order valence-corrected chi connectivity index (χ0v) is 15.3. The molecule has 1 atom stereocenters. The predicted molar refractivity (Wildman–Crippen MR) is 100 cm³/mol. The Labute approximate surface area is 159 Å². The summed E-state index contributed by atoms with van der Waals surface area (Å²) in [4.78, 5) is 41.4. The van der Waals surface area contributed by atoms with Crippen LogP contribution in [0.5, 0.6) is 0 Å². The smallest absolute Gasteiger partial charge is 0.290 e. The molecule has 0 aliphatic carbocycles. The summed E-state index contributed by atoms with van der Waals surface area (Å²) in [5.41, 5.74) is 6.32. The molecule has 7 nitrogen and oxygen atoms in total. The van der Waals surface area contributed by atoms with Crippen LogP contribution in [0.4, 0.5) is 0 Å². The Morgan fingerprint density at radius 2 is 1.93 bits per heavy atom. The molecule has 0 spiro atoms. The number of amides is 2. The number of carbonyl (C=O) groups excluding carboxylic acids is 3. The van der Waals surface area contributed by atoms with E-state index in [4.69, 9.17) is 10.2 Å². The van der Waals surface area contributed by atoms with Gasteiger partial charge in [-0.1, -0.05) is 36.4 Å². The average molecular weight is 383 g/mol. The van der Waals surface area contributed by atoms with Crippen molar-refractivity contribution in [3.8, 4) is 10.6 Å². The van der Waals surface area contributed by atoms with Crippen molar-refractivity contribution in [2.45, 2.75) is 19.4 Å². The minimum Gasteiger partial charge on any atom is -0.435 e. The van der Waals surface area contributed by atoms with Crippen molar-refractivity contribution in [1.82, 2.24) is 10.3 Å². The van der Waals surface area contributed by atoms with E-state index < -0.39 is 23.6 Å². The van der Waals surface area contributed by atoms with Crippen molar-refractivity contribution in [3.05, 3.63) is 65.1 Å². The van der Waals surface area contributed by atoms with Crippen molar-refractivity contribution in [1.29, 1.82) is 0 Å². The number of nitrogens with one attached hydrogen (secondary N) is 1. The molecule has 3 aromatic rings. The summed E-state index contributed by atoms with van der Waals surface area (Å²) >= 11 is 1.41. The first-order valence-electron chi connectivity index (χ1n) is 8.15. The van der Waals surface area contributed by atoms with E-state index in [2.05, 4.69) is 10.3 Å². The van der Waals surface area contributed by atoms with Crippen molar-refractivity contribution >= 4 is 28.9 Å². The number of hydrogen-bond donors (Lipinski definition) is 2. The van der Waals surface area contributed by atoms with Gasteiger partial charge in [-0.3, -0.25) is 14.4 Å². The number of nitrogens with two attached hydrogens (primary N) is 1. The molecule has 3 N–H and O–H groups in total. The summed E-state index contributed by atoms with van der Waals surface area (Å²) in [5, 5.41) is 4.42. The fraction of sp³-hybridized carbons (Fsp3) is 0.158. The van der Waals surface area contributed by atoms with Gasteiger partial charge in [0.1, 0.15) is 11.7 Å². The van der Waals surface area contributed by atoms with Crippen LogP contribution in [0.3, 0.4) is 0 Å². The summed E-state index contributed by atoms with van der Waals surface area (Å²) in [5.74, 6) is -2.30. The molecule has 2 heterocycles. The number of carbonyl (C=O) groups is 3. The normalized spacial score (nSPS) is 11.7. The Morgan fingerprint density at radius 1 is 1.19 bits per heavy atom. The molecular weight excluding hydrogens is 366 g/mol. The van der Waals surface area contributed by atoms with Crippen LogP contribution in [0, 0.1) is 6.92 Å². The lowest BCUT2D eigenvalue weighted by molar-refractivity contribution is -0.137. The molecule has 1 unspecified atom stereocenters. The highest BCUT2D eigenvalue weighted by Gasteiger charge is 2.29. The molecule has 0 saturated heterocycles. The van der Waals surface area contributed by atoms with E-state index in [9.17, 15) is 14.4 Å². The van der Waals surface area contributed by atoms with Crippen molar-refractivity contribution in [2.75, 3.05) is 0 Å². The lowest BCUT2D eigenvalue weighted by atomic mass is 10.0. The van der Waals surface area contributed by atoms with Gasteiger partial charge in [-0.25, -0.2) is 4.98 Å². The van der Waals surface area contributed by atoms with E-state index in [0.29, 0.717) is 11.6 Å². The molecular formula is C19H17N3O4S. The molecule has 0 bridgehead atoms. The number of rotatable bonds is 7. The second kappa shape index (κ2) is 7.96. The van der Waals surface area contributed by atoms with Gasteiger partial charge in [-0.2, -0.15) is 0 Å². The minimum atomic E-state index is -1.11. The molecule has 8 heteroatoms. The zero-order chi connectivity index (χ0) is 19.4. The van der Waals surface area contributed by atoms with Crippen LogP contribution in [0.15, 0.2) is 52.3 Å². The lowest BCUT2D eigenvalue weighted by Crippen LogP contribution is -2.47. The fourth-order valence-corrected chi connectivity index (χ4v) is 3.33. The van der Waals surface area contributed by atoms with Crippen LogP contribution in [0.1, 0.15) is 22.0 Å². The molecule has 27 heavy (non-hydrogen) atoms. The maximum Gasteiger partial charge on any atom is 0.290 e. The number of aromatic nitrogens is 1. The van der Waals surface area contributed by atoms with Crippen LogP contribution in [0.25, 0.3) is 10.6 Å². The van der Waals surface area contributed by atoms with E-state index in [0.717, 1.165) is 10.4 Å². The predicted octanol–water partition coefficient (Wildman–Crippen LogP) is 2.11. The first kappa shape index (κ1) is 18.5. The highest BCUT2D eigenvalue weighted by molar-refractivity contribution is 7.13. The minimum absolute atomic E-state index is 0.00900. The first-order valence-corrected chi connectivity index (χ1v) is 9.03. The quantitative estimate of drug-likeness (QED) is 0.606. The standard InChI is InChI=1S/C19H17N3O4S/c1-11-21-15(14-8-5-9-27-14)17(26-11)19(25)22-13(16(23)18(20)24)10-12-6-3-2-4-7-12/h2-9,13H,10H2,1H3,(H2,20,24)(H,22,25). The van der Waals surface area contributed by atoms with E-state index in [1.165, 1.54) is 11.3 Å². The zero-order valence-electron chi connectivity index (χ0n) is 14.5. The Hall–Kier alpha value is -3.26. The lowest BCUT2D eigenvalue weighted by Gasteiger charge is -2.15. The van der Waals surface area contributed by atoms with Crippen LogP contribution < -0.4 is 11.1 Å². The molecule has 2 aromatic heterocycles. The van der Waals surface area contributed by atoms with Gasteiger partial charge in [0.05, 0.1) is 4.88 Å². The Morgan fingerprint density at radius 3 is 2.56 bits per heavy atom. The Kier molecular flexibility index (Phi) is 5.46. The highest BCUT2D eigenvalue weighted by atomic mass is 32.1. The number of benzene rings is 1. The molecule has 0 radical (unpaired) electrons. The SMILES string of the molecule is Cc1nc(-c2cccs2)c(C(=O)NC(Cc2ccccc2)C(=O)C(N)=O)o1. The monoisotopic (exact) mass is 383 g/mol. The number of hydrogen-bond acceptors (Lipinski definition) is 6. The van der Waals surface area contributed by atoms with Gasteiger partial charge in [-0.15, -0.1) is 11.3 Å². The third-order valence-corrected chi connectivity index (χ3v) is 4.72.